The second-order valence-corrected chi connectivity index (χ2v) is 2.03. The molecule has 0 aliphatic rings. The third-order valence-corrected chi connectivity index (χ3v) is 1.29. The first-order valence-corrected chi connectivity index (χ1v) is 3.56. The van der Waals surface area contributed by atoms with E-state index in [0.717, 1.165) is 0 Å². The number of nitrogens with zero attached hydrogens (tertiary/aromatic N) is 2. The number of anilines is 1. The molecule has 0 amide bonds. The quantitative estimate of drug-likeness (QED) is 0.712. The van der Waals surface area contributed by atoms with Crippen molar-refractivity contribution in [3.8, 4) is 11.8 Å². The Morgan fingerprint density at radius 1 is 1.42 bits per heavy atom. The Hall–Kier alpha value is -1.52. The van der Waals surface area contributed by atoms with Gasteiger partial charge in [-0.25, -0.2) is 0 Å². The minimum Gasteiger partial charge on any atom is -0.479 e. The number of hydrogen-bond acceptors (Lipinski definition) is 5. The molecule has 0 fully saturated rings. The molecule has 2 N–H and O–H groups in total. The van der Waals surface area contributed by atoms with Crippen molar-refractivity contribution in [1.29, 1.82) is 0 Å². The molecule has 0 unspecified atom stereocenters. The maximum Gasteiger partial charge on any atom is 0.244 e. The summed E-state index contributed by atoms with van der Waals surface area (Å²) in [6.07, 6.45) is 1.35. The molecule has 1 aromatic rings. The van der Waals surface area contributed by atoms with Crippen molar-refractivity contribution in [3.05, 3.63) is 6.33 Å². The summed E-state index contributed by atoms with van der Waals surface area (Å²) in [6.45, 7) is 2.37. The molecule has 0 bridgehead atoms. The number of nitrogens with two attached hydrogens (primary N) is 1. The molecule has 1 heterocycles. The molecule has 1 rings (SSSR count). The van der Waals surface area contributed by atoms with Crippen molar-refractivity contribution in [2.45, 2.75) is 6.92 Å². The van der Waals surface area contributed by atoms with E-state index in [0.29, 0.717) is 24.1 Å². The molecule has 0 spiro atoms. The van der Waals surface area contributed by atoms with Crippen molar-refractivity contribution in [2.75, 3.05) is 19.5 Å². The SMILES string of the molecule is CCOc1ncnc(OC)c1N. The molecular formula is C7H11N3O2. The van der Waals surface area contributed by atoms with Crippen LogP contribution in [-0.4, -0.2) is 23.7 Å². The molecule has 0 aliphatic heterocycles. The summed E-state index contributed by atoms with van der Waals surface area (Å²) in [4.78, 5) is 7.64. The zero-order valence-electron chi connectivity index (χ0n) is 7.07. The van der Waals surface area contributed by atoms with E-state index in [1.54, 1.807) is 0 Å². The first kappa shape index (κ1) is 8.58. The van der Waals surface area contributed by atoms with Gasteiger partial charge in [-0.15, -0.1) is 0 Å². The molecule has 0 atom stereocenters. The Kier molecular flexibility index (Phi) is 2.68. The third kappa shape index (κ3) is 1.55. The highest BCUT2D eigenvalue weighted by Gasteiger charge is 2.07. The summed E-state index contributed by atoms with van der Waals surface area (Å²) in [5.41, 5.74) is 5.94. The normalized spacial score (nSPS) is 9.50. The zero-order valence-corrected chi connectivity index (χ0v) is 7.07. The van der Waals surface area contributed by atoms with Crippen molar-refractivity contribution >= 4 is 5.69 Å². The predicted molar refractivity (Wildman–Crippen MR) is 44.2 cm³/mol. The topological polar surface area (TPSA) is 70.3 Å². The van der Waals surface area contributed by atoms with E-state index in [1.807, 2.05) is 6.92 Å². The van der Waals surface area contributed by atoms with Crippen molar-refractivity contribution in [3.63, 3.8) is 0 Å². The van der Waals surface area contributed by atoms with Gasteiger partial charge < -0.3 is 15.2 Å². The highest BCUT2D eigenvalue weighted by molar-refractivity contribution is 5.55. The molecule has 0 aromatic carbocycles. The van der Waals surface area contributed by atoms with Gasteiger partial charge in [0.2, 0.25) is 11.8 Å². The third-order valence-electron chi connectivity index (χ3n) is 1.29. The van der Waals surface area contributed by atoms with Gasteiger partial charge in [0.05, 0.1) is 13.7 Å². The van der Waals surface area contributed by atoms with Gasteiger partial charge in [-0.3, -0.25) is 0 Å². The number of hydrogen-bond donors (Lipinski definition) is 1. The number of rotatable bonds is 3. The fourth-order valence-electron chi connectivity index (χ4n) is 0.779. The lowest BCUT2D eigenvalue weighted by Gasteiger charge is -2.06. The molecule has 66 valence electrons. The molecule has 0 saturated carbocycles. The maximum atomic E-state index is 5.60. The standard InChI is InChI=1S/C7H11N3O2/c1-3-12-7-5(8)6(11-2)9-4-10-7/h4H,3,8H2,1-2H3. The lowest BCUT2D eigenvalue weighted by molar-refractivity contribution is 0.323. The van der Waals surface area contributed by atoms with Gasteiger partial charge in [-0.2, -0.15) is 9.97 Å². The Bertz CT molecular complexity index is 265. The van der Waals surface area contributed by atoms with Crippen LogP contribution in [0.4, 0.5) is 5.69 Å². The van der Waals surface area contributed by atoms with Gasteiger partial charge >= 0.3 is 0 Å². The van der Waals surface area contributed by atoms with Gasteiger partial charge in [0, 0.05) is 0 Å². The van der Waals surface area contributed by atoms with E-state index in [-0.39, 0.29) is 0 Å². The summed E-state index contributed by atoms with van der Waals surface area (Å²) in [5, 5.41) is 0. The van der Waals surface area contributed by atoms with Gasteiger partial charge in [-0.05, 0) is 6.92 Å². The van der Waals surface area contributed by atoms with Crippen LogP contribution in [0.3, 0.4) is 0 Å². The largest absolute Gasteiger partial charge is 0.479 e. The minimum atomic E-state index is 0.335. The van der Waals surface area contributed by atoms with Crippen LogP contribution in [0.25, 0.3) is 0 Å². The average Bonchev–Trinajstić information content (AvgIpc) is 2.09. The average molecular weight is 169 g/mol. The number of ether oxygens (including phenoxy) is 2. The summed E-state index contributed by atoms with van der Waals surface area (Å²) in [6, 6.07) is 0. The molecule has 12 heavy (non-hydrogen) atoms. The first-order chi connectivity index (χ1) is 5.79. The van der Waals surface area contributed by atoms with E-state index in [9.17, 15) is 0 Å². The Morgan fingerprint density at radius 3 is 2.67 bits per heavy atom. The van der Waals surface area contributed by atoms with Crippen molar-refractivity contribution in [1.82, 2.24) is 9.97 Å². The van der Waals surface area contributed by atoms with E-state index in [2.05, 4.69) is 9.97 Å². The monoisotopic (exact) mass is 169 g/mol. The Balaban J connectivity index is 2.97. The van der Waals surface area contributed by atoms with Gasteiger partial charge in [0.15, 0.2) is 5.69 Å². The minimum absolute atomic E-state index is 0.335. The van der Waals surface area contributed by atoms with Crippen LogP contribution in [0.5, 0.6) is 11.8 Å². The first-order valence-electron chi connectivity index (χ1n) is 3.56. The predicted octanol–water partition coefficient (Wildman–Crippen LogP) is 0.466. The molecule has 0 radical (unpaired) electrons. The highest BCUT2D eigenvalue weighted by Crippen LogP contribution is 2.25. The number of aromatic nitrogens is 2. The number of nitrogen functional groups attached to an aromatic ring is 1. The lowest BCUT2D eigenvalue weighted by atomic mass is 10.5. The van der Waals surface area contributed by atoms with Crippen LogP contribution in [0.2, 0.25) is 0 Å². The second-order valence-electron chi connectivity index (χ2n) is 2.03. The van der Waals surface area contributed by atoms with Crippen LogP contribution < -0.4 is 15.2 Å². The van der Waals surface area contributed by atoms with Crippen molar-refractivity contribution < 1.29 is 9.47 Å². The van der Waals surface area contributed by atoms with E-state index >= 15 is 0 Å². The summed E-state index contributed by atoms with van der Waals surface area (Å²) >= 11 is 0. The van der Waals surface area contributed by atoms with Crippen molar-refractivity contribution in [2.24, 2.45) is 0 Å². The van der Waals surface area contributed by atoms with Crippen LogP contribution in [-0.2, 0) is 0 Å². The Morgan fingerprint density at radius 2 is 2.08 bits per heavy atom. The fraction of sp³-hybridized carbons (Fsp3) is 0.429. The van der Waals surface area contributed by atoms with Gasteiger partial charge in [-0.1, -0.05) is 0 Å². The van der Waals surface area contributed by atoms with E-state index in [4.69, 9.17) is 15.2 Å². The molecule has 1 aromatic heterocycles. The Labute approximate surface area is 70.5 Å². The van der Waals surface area contributed by atoms with Crippen LogP contribution >= 0.6 is 0 Å². The van der Waals surface area contributed by atoms with Gasteiger partial charge in [0.25, 0.3) is 0 Å². The van der Waals surface area contributed by atoms with E-state index in [1.165, 1.54) is 13.4 Å². The summed E-state index contributed by atoms with van der Waals surface area (Å²) in [7, 11) is 1.49. The number of methoxy groups -OCH3 is 1. The molecule has 0 aliphatic carbocycles. The zero-order chi connectivity index (χ0) is 8.97. The lowest BCUT2D eigenvalue weighted by Crippen LogP contribution is -2.02. The smallest absolute Gasteiger partial charge is 0.244 e. The highest BCUT2D eigenvalue weighted by atomic mass is 16.5. The van der Waals surface area contributed by atoms with Gasteiger partial charge in [0.1, 0.15) is 6.33 Å². The molecule has 5 heteroatoms. The molecular weight excluding hydrogens is 158 g/mol. The van der Waals surface area contributed by atoms with Crippen LogP contribution in [0, 0.1) is 0 Å². The summed E-state index contributed by atoms with van der Waals surface area (Å²) in [5.74, 6) is 0.706. The molecule has 5 nitrogen and oxygen atoms in total. The summed E-state index contributed by atoms with van der Waals surface area (Å²) < 4.78 is 10.00. The fourth-order valence-corrected chi connectivity index (χ4v) is 0.779. The van der Waals surface area contributed by atoms with Crippen LogP contribution in [0.15, 0.2) is 6.33 Å². The second kappa shape index (κ2) is 3.75. The maximum absolute atomic E-state index is 5.60. The molecule has 0 saturated heterocycles. The van der Waals surface area contributed by atoms with E-state index < -0.39 is 0 Å². The van der Waals surface area contributed by atoms with Crippen LogP contribution in [0.1, 0.15) is 6.92 Å².